The number of carbonyl (C=O) groups is 2. The van der Waals surface area contributed by atoms with Gasteiger partial charge in [-0.05, 0) is 24.3 Å². The second-order valence-electron chi connectivity index (χ2n) is 5.74. The number of hydrogen-bond acceptors (Lipinski definition) is 5. The van der Waals surface area contributed by atoms with E-state index < -0.39 is 5.97 Å². The van der Waals surface area contributed by atoms with Gasteiger partial charge in [0.25, 0.3) is 5.91 Å². The summed E-state index contributed by atoms with van der Waals surface area (Å²) in [6.45, 7) is 1.50. The largest absolute Gasteiger partial charge is 0.452 e. The van der Waals surface area contributed by atoms with E-state index in [1.807, 2.05) is 4.90 Å². The summed E-state index contributed by atoms with van der Waals surface area (Å²) in [7, 11) is 0. The van der Waals surface area contributed by atoms with Crippen LogP contribution in [0.25, 0.3) is 0 Å². The van der Waals surface area contributed by atoms with Crippen molar-refractivity contribution < 1.29 is 18.7 Å². The van der Waals surface area contributed by atoms with Crippen LogP contribution in [0.5, 0.6) is 0 Å². The highest BCUT2D eigenvalue weighted by molar-refractivity contribution is 6.32. The average Bonchev–Trinajstić information content (AvgIpc) is 2.67. The summed E-state index contributed by atoms with van der Waals surface area (Å²) in [6, 6.07) is 9.59. The van der Waals surface area contributed by atoms with E-state index in [1.165, 1.54) is 18.3 Å². The molecule has 0 saturated carbocycles. The number of halogens is 2. The van der Waals surface area contributed by atoms with Gasteiger partial charge in [0.05, 0.1) is 11.3 Å². The lowest BCUT2D eigenvalue weighted by atomic mass is 10.2. The number of hydrogen-bond donors (Lipinski definition) is 0. The molecule has 136 valence electrons. The number of amides is 1. The van der Waals surface area contributed by atoms with E-state index in [2.05, 4.69) is 4.98 Å². The zero-order valence-electron chi connectivity index (χ0n) is 13.9. The van der Waals surface area contributed by atoms with Gasteiger partial charge in [0.15, 0.2) is 6.61 Å². The fraction of sp³-hybridized carbons (Fsp3) is 0.278. The number of ether oxygens (including phenoxy) is 1. The van der Waals surface area contributed by atoms with Gasteiger partial charge in [0, 0.05) is 32.4 Å². The van der Waals surface area contributed by atoms with Gasteiger partial charge in [0.2, 0.25) is 0 Å². The summed E-state index contributed by atoms with van der Waals surface area (Å²) >= 11 is 5.83. The summed E-state index contributed by atoms with van der Waals surface area (Å²) < 4.78 is 18.9. The highest BCUT2D eigenvalue weighted by Crippen LogP contribution is 2.20. The SMILES string of the molecule is O=C(OCC(=O)N1CCN(c2ccccc2F)CC1)c1cccnc1Cl. The van der Waals surface area contributed by atoms with Crippen LogP contribution in [0.2, 0.25) is 5.15 Å². The number of nitrogens with zero attached hydrogens (tertiary/aromatic N) is 3. The monoisotopic (exact) mass is 377 g/mol. The van der Waals surface area contributed by atoms with E-state index in [0.717, 1.165) is 0 Å². The van der Waals surface area contributed by atoms with E-state index >= 15 is 0 Å². The first kappa shape index (κ1) is 18.1. The number of piperazine rings is 1. The van der Waals surface area contributed by atoms with Gasteiger partial charge in [-0.25, -0.2) is 14.2 Å². The van der Waals surface area contributed by atoms with Crippen LogP contribution < -0.4 is 4.90 Å². The molecule has 0 spiro atoms. The Balaban J connectivity index is 1.50. The van der Waals surface area contributed by atoms with E-state index in [0.29, 0.717) is 31.9 Å². The summed E-state index contributed by atoms with van der Waals surface area (Å²) in [5.41, 5.74) is 0.642. The molecule has 1 fully saturated rings. The average molecular weight is 378 g/mol. The molecule has 0 bridgehead atoms. The van der Waals surface area contributed by atoms with Crippen LogP contribution in [-0.4, -0.2) is 54.5 Å². The first-order valence-corrected chi connectivity index (χ1v) is 8.49. The van der Waals surface area contributed by atoms with Crippen molar-refractivity contribution in [3.05, 3.63) is 59.1 Å². The smallest absolute Gasteiger partial charge is 0.341 e. The standard InChI is InChI=1S/C18H17ClFN3O3/c19-17-13(4-3-7-21-17)18(25)26-12-16(24)23-10-8-22(9-11-23)15-6-2-1-5-14(15)20/h1-7H,8-12H2. The summed E-state index contributed by atoms with van der Waals surface area (Å²) in [6.07, 6.45) is 1.46. The molecule has 8 heteroatoms. The fourth-order valence-electron chi connectivity index (χ4n) is 2.74. The third kappa shape index (κ3) is 4.11. The number of benzene rings is 1. The van der Waals surface area contributed by atoms with Crippen LogP contribution in [0, 0.1) is 5.82 Å². The van der Waals surface area contributed by atoms with Crippen LogP contribution in [0.1, 0.15) is 10.4 Å². The van der Waals surface area contributed by atoms with Crippen molar-refractivity contribution in [3.8, 4) is 0 Å². The molecule has 3 rings (SSSR count). The molecule has 2 heterocycles. The van der Waals surface area contributed by atoms with Crippen LogP contribution >= 0.6 is 11.6 Å². The highest BCUT2D eigenvalue weighted by atomic mass is 35.5. The van der Waals surface area contributed by atoms with Crippen molar-refractivity contribution in [2.75, 3.05) is 37.7 Å². The topological polar surface area (TPSA) is 62.7 Å². The molecule has 26 heavy (non-hydrogen) atoms. The van der Waals surface area contributed by atoms with Gasteiger partial charge in [0.1, 0.15) is 11.0 Å². The van der Waals surface area contributed by atoms with Crippen LogP contribution in [0.4, 0.5) is 10.1 Å². The third-order valence-corrected chi connectivity index (χ3v) is 4.43. The zero-order valence-corrected chi connectivity index (χ0v) is 14.7. The summed E-state index contributed by atoms with van der Waals surface area (Å²) in [5.74, 6) is -1.28. The normalized spacial score (nSPS) is 14.2. The Hall–Kier alpha value is -2.67. The summed E-state index contributed by atoms with van der Waals surface area (Å²) in [4.78, 5) is 31.5. The van der Waals surface area contributed by atoms with Gasteiger partial charge in [-0.1, -0.05) is 23.7 Å². The van der Waals surface area contributed by atoms with E-state index in [9.17, 15) is 14.0 Å². The minimum absolute atomic E-state index is 0.0310. The first-order chi connectivity index (χ1) is 12.6. The number of aromatic nitrogens is 1. The number of carbonyl (C=O) groups excluding carboxylic acids is 2. The first-order valence-electron chi connectivity index (χ1n) is 8.11. The molecule has 1 aromatic heterocycles. The quantitative estimate of drug-likeness (QED) is 0.604. The maximum Gasteiger partial charge on any atom is 0.341 e. The van der Waals surface area contributed by atoms with Gasteiger partial charge in [-0.2, -0.15) is 0 Å². The Bertz CT molecular complexity index is 810. The van der Waals surface area contributed by atoms with Gasteiger partial charge in [-0.3, -0.25) is 4.79 Å². The number of pyridine rings is 1. The lowest BCUT2D eigenvalue weighted by Gasteiger charge is -2.36. The minimum Gasteiger partial charge on any atom is -0.452 e. The van der Waals surface area contributed by atoms with Crippen molar-refractivity contribution >= 4 is 29.2 Å². The van der Waals surface area contributed by atoms with Gasteiger partial charge >= 0.3 is 5.97 Å². The van der Waals surface area contributed by atoms with Gasteiger partial charge < -0.3 is 14.5 Å². The minimum atomic E-state index is -0.693. The van der Waals surface area contributed by atoms with E-state index in [-0.39, 0.29) is 29.0 Å². The third-order valence-electron chi connectivity index (χ3n) is 4.13. The lowest BCUT2D eigenvalue weighted by molar-refractivity contribution is -0.134. The molecule has 1 aliphatic rings. The van der Waals surface area contributed by atoms with Crippen LogP contribution in [0.3, 0.4) is 0 Å². The van der Waals surface area contributed by atoms with Crippen molar-refractivity contribution in [1.29, 1.82) is 0 Å². The second kappa shape index (κ2) is 8.14. The molecule has 1 aromatic carbocycles. The highest BCUT2D eigenvalue weighted by Gasteiger charge is 2.24. The van der Waals surface area contributed by atoms with Crippen molar-refractivity contribution in [2.24, 2.45) is 0 Å². The number of anilines is 1. The Morgan fingerprint density at radius 1 is 1.12 bits per heavy atom. The Morgan fingerprint density at radius 2 is 1.85 bits per heavy atom. The number of esters is 1. The fourth-order valence-corrected chi connectivity index (χ4v) is 2.94. The zero-order chi connectivity index (χ0) is 18.5. The predicted molar refractivity (Wildman–Crippen MR) is 94.7 cm³/mol. The molecule has 0 unspecified atom stereocenters. The van der Waals surface area contributed by atoms with E-state index in [4.69, 9.17) is 16.3 Å². The molecular weight excluding hydrogens is 361 g/mol. The molecule has 1 aliphatic heterocycles. The maximum atomic E-state index is 13.8. The Labute approximate surface area is 155 Å². The Morgan fingerprint density at radius 3 is 2.54 bits per heavy atom. The molecule has 6 nitrogen and oxygen atoms in total. The molecule has 0 radical (unpaired) electrons. The summed E-state index contributed by atoms with van der Waals surface area (Å²) in [5, 5.41) is 0.0310. The molecule has 0 aliphatic carbocycles. The van der Waals surface area contributed by atoms with Gasteiger partial charge in [-0.15, -0.1) is 0 Å². The molecule has 0 N–H and O–H groups in total. The van der Waals surface area contributed by atoms with Crippen molar-refractivity contribution in [3.63, 3.8) is 0 Å². The molecular formula is C18H17ClFN3O3. The van der Waals surface area contributed by atoms with Crippen LogP contribution in [0.15, 0.2) is 42.6 Å². The second-order valence-corrected chi connectivity index (χ2v) is 6.10. The molecule has 0 atom stereocenters. The predicted octanol–water partition coefficient (Wildman–Crippen LogP) is 2.38. The number of para-hydroxylation sites is 1. The van der Waals surface area contributed by atoms with Crippen molar-refractivity contribution in [1.82, 2.24) is 9.88 Å². The molecule has 1 amide bonds. The van der Waals surface area contributed by atoms with Crippen LogP contribution in [-0.2, 0) is 9.53 Å². The van der Waals surface area contributed by atoms with Crippen molar-refractivity contribution in [2.45, 2.75) is 0 Å². The Kier molecular flexibility index (Phi) is 5.68. The van der Waals surface area contributed by atoms with E-state index in [1.54, 1.807) is 29.2 Å². The maximum absolute atomic E-state index is 13.8. The number of rotatable bonds is 4. The molecule has 1 saturated heterocycles. The molecule has 2 aromatic rings. The lowest BCUT2D eigenvalue weighted by Crippen LogP contribution is -2.50.